The number of phenols is 1. The minimum Gasteiger partial charge on any atom is -0.507 e. The molecular weight excluding hydrogens is 192 g/mol. The van der Waals surface area contributed by atoms with Crippen LogP contribution in [0.1, 0.15) is 24.5 Å². The van der Waals surface area contributed by atoms with Gasteiger partial charge < -0.3 is 10.2 Å². The topological polar surface area (TPSA) is 57.5 Å². The van der Waals surface area contributed by atoms with E-state index in [-0.39, 0.29) is 12.2 Å². The van der Waals surface area contributed by atoms with Gasteiger partial charge in [-0.2, -0.15) is 0 Å². The molecule has 0 aromatic heterocycles. The Bertz CT molecular complexity index is 394. The highest BCUT2D eigenvalue weighted by Crippen LogP contribution is 2.25. The summed E-state index contributed by atoms with van der Waals surface area (Å²) in [7, 11) is 0. The quantitative estimate of drug-likeness (QED) is 0.795. The first-order valence-electron chi connectivity index (χ1n) is 4.70. The molecule has 1 aromatic rings. The molecule has 0 saturated carbocycles. The molecule has 3 nitrogen and oxygen atoms in total. The van der Waals surface area contributed by atoms with Crippen molar-refractivity contribution in [2.45, 2.75) is 19.8 Å². The standard InChI is InChI=1S/C12H14O3/c1-8(2)10-7-9(3-5-11(10)13)4-6-12(14)15/h3,5,7,13H,1,4,6H2,2H3,(H,14,15). The number of phenolic OH excluding ortho intramolecular Hbond substituents is 1. The Labute approximate surface area is 88.7 Å². The lowest BCUT2D eigenvalue weighted by molar-refractivity contribution is -0.136. The molecule has 0 aliphatic carbocycles. The first-order chi connectivity index (χ1) is 7.00. The van der Waals surface area contributed by atoms with Gasteiger partial charge in [0.2, 0.25) is 0 Å². The molecule has 0 atom stereocenters. The van der Waals surface area contributed by atoms with E-state index in [4.69, 9.17) is 5.11 Å². The van der Waals surface area contributed by atoms with Gasteiger partial charge in [-0.15, -0.1) is 0 Å². The van der Waals surface area contributed by atoms with E-state index in [1.54, 1.807) is 25.1 Å². The Morgan fingerprint density at radius 2 is 2.13 bits per heavy atom. The number of rotatable bonds is 4. The molecule has 0 amide bonds. The summed E-state index contributed by atoms with van der Waals surface area (Å²) < 4.78 is 0. The Morgan fingerprint density at radius 1 is 1.47 bits per heavy atom. The third-order valence-corrected chi connectivity index (χ3v) is 2.15. The molecule has 0 aliphatic heterocycles. The number of carbonyl (C=O) groups is 1. The lowest BCUT2D eigenvalue weighted by atomic mass is 10.0. The number of allylic oxidation sites excluding steroid dienone is 1. The predicted molar refractivity (Wildman–Crippen MR) is 58.8 cm³/mol. The number of hydrogen-bond donors (Lipinski definition) is 2. The van der Waals surface area contributed by atoms with Crippen LogP contribution in [0.2, 0.25) is 0 Å². The molecule has 2 N–H and O–H groups in total. The Hall–Kier alpha value is -1.77. The van der Waals surface area contributed by atoms with Crippen molar-refractivity contribution in [3.05, 3.63) is 35.9 Å². The number of hydrogen-bond acceptors (Lipinski definition) is 2. The number of aromatic hydroxyl groups is 1. The number of carboxylic acids is 1. The molecule has 0 saturated heterocycles. The van der Waals surface area contributed by atoms with Crippen LogP contribution in [0.5, 0.6) is 5.75 Å². The molecule has 0 aliphatic rings. The van der Waals surface area contributed by atoms with E-state index < -0.39 is 5.97 Å². The molecule has 0 unspecified atom stereocenters. The van der Waals surface area contributed by atoms with Crippen molar-refractivity contribution in [2.24, 2.45) is 0 Å². The zero-order valence-electron chi connectivity index (χ0n) is 8.66. The van der Waals surface area contributed by atoms with Crippen LogP contribution in [-0.4, -0.2) is 16.2 Å². The molecule has 0 radical (unpaired) electrons. The summed E-state index contributed by atoms with van der Waals surface area (Å²) in [5, 5.41) is 18.0. The highest BCUT2D eigenvalue weighted by molar-refractivity contribution is 5.69. The summed E-state index contributed by atoms with van der Waals surface area (Å²) in [4.78, 5) is 10.4. The summed E-state index contributed by atoms with van der Waals surface area (Å²) in [5.74, 6) is -0.637. The molecule has 0 fully saturated rings. The van der Waals surface area contributed by atoms with E-state index in [0.717, 1.165) is 11.1 Å². The van der Waals surface area contributed by atoms with Gasteiger partial charge in [-0.05, 0) is 36.6 Å². The fourth-order valence-corrected chi connectivity index (χ4v) is 1.33. The smallest absolute Gasteiger partial charge is 0.303 e. The summed E-state index contributed by atoms with van der Waals surface area (Å²) in [6, 6.07) is 5.08. The zero-order chi connectivity index (χ0) is 11.4. The number of aryl methyl sites for hydroxylation is 1. The van der Waals surface area contributed by atoms with Gasteiger partial charge in [0, 0.05) is 12.0 Å². The molecule has 0 bridgehead atoms. The van der Waals surface area contributed by atoms with Crippen molar-refractivity contribution >= 4 is 11.5 Å². The highest BCUT2D eigenvalue weighted by Gasteiger charge is 2.05. The van der Waals surface area contributed by atoms with Crippen LogP contribution in [0.25, 0.3) is 5.57 Å². The molecule has 0 heterocycles. The van der Waals surface area contributed by atoms with Crippen LogP contribution >= 0.6 is 0 Å². The van der Waals surface area contributed by atoms with Gasteiger partial charge in [-0.25, -0.2) is 0 Å². The Morgan fingerprint density at radius 3 is 2.67 bits per heavy atom. The lowest BCUT2D eigenvalue weighted by Crippen LogP contribution is -1.97. The SMILES string of the molecule is C=C(C)c1cc(CCC(=O)O)ccc1O. The van der Waals surface area contributed by atoms with Crippen LogP contribution in [0, 0.1) is 0 Å². The molecule has 3 heteroatoms. The van der Waals surface area contributed by atoms with E-state index >= 15 is 0 Å². The highest BCUT2D eigenvalue weighted by atomic mass is 16.4. The van der Waals surface area contributed by atoms with E-state index in [2.05, 4.69) is 6.58 Å². The molecule has 0 spiro atoms. The predicted octanol–water partition coefficient (Wildman–Crippen LogP) is 2.44. The van der Waals surface area contributed by atoms with Gasteiger partial charge in [-0.3, -0.25) is 4.79 Å². The van der Waals surface area contributed by atoms with Gasteiger partial charge in [0.05, 0.1) is 0 Å². The molecule has 1 rings (SSSR count). The fraction of sp³-hybridized carbons (Fsp3) is 0.250. The second-order valence-corrected chi connectivity index (χ2v) is 3.53. The van der Waals surface area contributed by atoms with E-state index in [0.29, 0.717) is 12.0 Å². The van der Waals surface area contributed by atoms with Crippen LogP contribution in [-0.2, 0) is 11.2 Å². The maximum atomic E-state index is 10.4. The zero-order valence-corrected chi connectivity index (χ0v) is 8.66. The first-order valence-corrected chi connectivity index (χ1v) is 4.70. The van der Waals surface area contributed by atoms with Crippen molar-refractivity contribution in [2.75, 3.05) is 0 Å². The largest absolute Gasteiger partial charge is 0.507 e. The minimum absolute atomic E-state index is 0.0976. The second kappa shape index (κ2) is 4.64. The maximum absolute atomic E-state index is 10.4. The molecule has 1 aromatic carbocycles. The summed E-state index contributed by atoms with van der Waals surface area (Å²) >= 11 is 0. The minimum atomic E-state index is -0.819. The van der Waals surface area contributed by atoms with Crippen molar-refractivity contribution in [3.63, 3.8) is 0 Å². The van der Waals surface area contributed by atoms with Crippen LogP contribution in [0.3, 0.4) is 0 Å². The molecule has 80 valence electrons. The van der Waals surface area contributed by atoms with E-state index in [1.165, 1.54) is 0 Å². The van der Waals surface area contributed by atoms with Crippen molar-refractivity contribution in [1.82, 2.24) is 0 Å². The summed E-state index contributed by atoms with van der Waals surface area (Å²) in [6.07, 6.45) is 0.566. The van der Waals surface area contributed by atoms with Gasteiger partial charge in [-0.1, -0.05) is 12.6 Å². The average molecular weight is 206 g/mol. The van der Waals surface area contributed by atoms with Gasteiger partial charge in [0.15, 0.2) is 0 Å². The molecular formula is C12H14O3. The van der Waals surface area contributed by atoms with Crippen LogP contribution in [0.4, 0.5) is 0 Å². The maximum Gasteiger partial charge on any atom is 0.303 e. The fourth-order valence-electron chi connectivity index (χ4n) is 1.33. The second-order valence-electron chi connectivity index (χ2n) is 3.53. The Kier molecular flexibility index (Phi) is 3.50. The van der Waals surface area contributed by atoms with Gasteiger partial charge in [0.1, 0.15) is 5.75 Å². The molecule has 15 heavy (non-hydrogen) atoms. The third-order valence-electron chi connectivity index (χ3n) is 2.15. The van der Waals surface area contributed by atoms with Crippen molar-refractivity contribution in [3.8, 4) is 5.75 Å². The number of benzene rings is 1. The Balaban J connectivity index is 2.87. The van der Waals surface area contributed by atoms with Crippen molar-refractivity contribution < 1.29 is 15.0 Å². The lowest BCUT2D eigenvalue weighted by Gasteiger charge is -2.06. The van der Waals surface area contributed by atoms with Crippen molar-refractivity contribution in [1.29, 1.82) is 0 Å². The number of aliphatic carboxylic acids is 1. The van der Waals surface area contributed by atoms with Gasteiger partial charge in [0.25, 0.3) is 0 Å². The monoisotopic (exact) mass is 206 g/mol. The average Bonchev–Trinajstić information content (AvgIpc) is 2.16. The normalized spacial score (nSPS) is 9.93. The van der Waals surface area contributed by atoms with Crippen LogP contribution in [0.15, 0.2) is 24.8 Å². The van der Waals surface area contributed by atoms with Gasteiger partial charge >= 0.3 is 5.97 Å². The van der Waals surface area contributed by atoms with E-state index in [9.17, 15) is 9.90 Å². The summed E-state index contributed by atoms with van der Waals surface area (Å²) in [5.41, 5.74) is 2.34. The summed E-state index contributed by atoms with van der Waals surface area (Å²) in [6.45, 7) is 5.55. The van der Waals surface area contributed by atoms with E-state index in [1.807, 2.05) is 0 Å². The van der Waals surface area contributed by atoms with Crippen LogP contribution < -0.4 is 0 Å². The third kappa shape index (κ3) is 3.13. The first kappa shape index (κ1) is 11.3. The number of carboxylic acid groups (broad SMARTS) is 1.